The highest BCUT2D eigenvalue weighted by molar-refractivity contribution is 9.10. The first-order valence-corrected chi connectivity index (χ1v) is 9.27. The third-order valence-corrected chi connectivity index (χ3v) is 4.60. The minimum atomic E-state index is -0.285. The zero-order valence-electron chi connectivity index (χ0n) is 14.1. The van der Waals surface area contributed by atoms with Crippen LogP contribution in [-0.4, -0.2) is 0 Å². The molecule has 0 aliphatic rings. The third-order valence-electron chi connectivity index (χ3n) is 3.85. The van der Waals surface area contributed by atoms with Gasteiger partial charge in [-0.15, -0.1) is 0 Å². The van der Waals surface area contributed by atoms with Gasteiger partial charge in [-0.05, 0) is 59.7 Å². The molecule has 0 aliphatic heterocycles. The number of hydrogen-bond donors (Lipinski definition) is 0. The zero-order chi connectivity index (χ0) is 19.2. The number of rotatable bonds is 5. The SMILES string of the molecule is N#C/C(=C\c1cc(Br)ccc1OCc1ccc(F)cc1)c1ccc(Cl)cc1. The van der Waals surface area contributed by atoms with Crippen molar-refractivity contribution in [2.24, 2.45) is 0 Å². The molecule has 0 fully saturated rings. The number of hydrogen-bond acceptors (Lipinski definition) is 2. The predicted molar refractivity (Wildman–Crippen MR) is 110 cm³/mol. The molecule has 0 aromatic heterocycles. The number of nitriles is 1. The van der Waals surface area contributed by atoms with E-state index in [0.29, 0.717) is 23.0 Å². The van der Waals surface area contributed by atoms with Crippen molar-refractivity contribution in [2.75, 3.05) is 0 Å². The Bertz CT molecular complexity index is 1010. The van der Waals surface area contributed by atoms with E-state index in [4.69, 9.17) is 16.3 Å². The summed E-state index contributed by atoms with van der Waals surface area (Å²) >= 11 is 9.37. The molecule has 0 unspecified atom stereocenters. The number of benzene rings is 3. The summed E-state index contributed by atoms with van der Waals surface area (Å²) in [6, 6.07) is 21.0. The van der Waals surface area contributed by atoms with E-state index in [1.54, 1.807) is 42.5 Å². The molecule has 0 saturated heterocycles. The van der Waals surface area contributed by atoms with E-state index < -0.39 is 0 Å². The summed E-state index contributed by atoms with van der Waals surface area (Å²) in [5, 5.41) is 10.2. The largest absolute Gasteiger partial charge is 0.488 e. The van der Waals surface area contributed by atoms with Crippen LogP contribution in [0.3, 0.4) is 0 Å². The van der Waals surface area contributed by atoms with Gasteiger partial charge in [0.25, 0.3) is 0 Å². The van der Waals surface area contributed by atoms with Crippen molar-refractivity contribution in [2.45, 2.75) is 6.61 Å². The maximum atomic E-state index is 13.0. The summed E-state index contributed by atoms with van der Waals surface area (Å²) < 4.78 is 19.8. The molecule has 3 rings (SSSR count). The number of nitrogens with zero attached hydrogens (tertiary/aromatic N) is 1. The highest BCUT2D eigenvalue weighted by atomic mass is 79.9. The molecule has 0 N–H and O–H groups in total. The van der Waals surface area contributed by atoms with E-state index in [0.717, 1.165) is 21.2 Å². The smallest absolute Gasteiger partial charge is 0.127 e. The molecule has 3 aromatic carbocycles. The van der Waals surface area contributed by atoms with Crippen LogP contribution in [0.5, 0.6) is 5.75 Å². The molecule has 0 aliphatic carbocycles. The van der Waals surface area contributed by atoms with Gasteiger partial charge in [-0.25, -0.2) is 4.39 Å². The van der Waals surface area contributed by atoms with Crippen molar-refractivity contribution in [3.8, 4) is 11.8 Å². The highest BCUT2D eigenvalue weighted by Gasteiger charge is 2.07. The topological polar surface area (TPSA) is 33.0 Å². The van der Waals surface area contributed by atoms with Crippen LogP contribution in [0.1, 0.15) is 16.7 Å². The lowest BCUT2D eigenvalue weighted by Gasteiger charge is -2.11. The van der Waals surface area contributed by atoms with Crippen molar-refractivity contribution in [3.05, 3.63) is 98.7 Å². The Hall–Kier alpha value is -2.61. The Morgan fingerprint density at radius 1 is 1.07 bits per heavy atom. The fourth-order valence-electron chi connectivity index (χ4n) is 2.47. The minimum Gasteiger partial charge on any atom is -0.488 e. The normalized spacial score (nSPS) is 11.1. The van der Waals surface area contributed by atoms with E-state index in [-0.39, 0.29) is 5.82 Å². The van der Waals surface area contributed by atoms with Crippen molar-refractivity contribution in [1.29, 1.82) is 5.26 Å². The van der Waals surface area contributed by atoms with Crippen molar-refractivity contribution in [1.82, 2.24) is 0 Å². The highest BCUT2D eigenvalue weighted by Crippen LogP contribution is 2.29. The Labute approximate surface area is 170 Å². The average molecular weight is 443 g/mol. The molecule has 0 amide bonds. The van der Waals surface area contributed by atoms with E-state index in [1.165, 1.54) is 12.1 Å². The lowest BCUT2D eigenvalue weighted by atomic mass is 10.0. The predicted octanol–water partition coefficient (Wildman–Crippen LogP) is 6.88. The fourth-order valence-corrected chi connectivity index (χ4v) is 2.98. The van der Waals surface area contributed by atoms with E-state index in [2.05, 4.69) is 22.0 Å². The van der Waals surface area contributed by atoms with Crippen LogP contribution in [0.15, 0.2) is 71.2 Å². The number of allylic oxidation sites excluding steroid dienone is 1. The van der Waals surface area contributed by atoms with Gasteiger partial charge in [0.05, 0.1) is 11.6 Å². The second kappa shape index (κ2) is 8.85. The first kappa shape index (κ1) is 19.2. The quantitative estimate of drug-likeness (QED) is 0.318. The monoisotopic (exact) mass is 441 g/mol. The summed E-state index contributed by atoms with van der Waals surface area (Å²) in [5.74, 6) is 0.344. The Morgan fingerprint density at radius 3 is 2.44 bits per heavy atom. The van der Waals surface area contributed by atoms with Crippen LogP contribution in [0.25, 0.3) is 11.6 Å². The van der Waals surface area contributed by atoms with Gasteiger partial charge in [0, 0.05) is 15.1 Å². The van der Waals surface area contributed by atoms with E-state index >= 15 is 0 Å². The zero-order valence-corrected chi connectivity index (χ0v) is 16.5. The van der Waals surface area contributed by atoms with Gasteiger partial charge in [-0.3, -0.25) is 0 Å². The Kier molecular flexibility index (Phi) is 6.28. The van der Waals surface area contributed by atoms with Gasteiger partial charge in [0.15, 0.2) is 0 Å². The maximum absolute atomic E-state index is 13.0. The molecule has 27 heavy (non-hydrogen) atoms. The van der Waals surface area contributed by atoms with Crippen LogP contribution in [0.2, 0.25) is 5.02 Å². The van der Waals surface area contributed by atoms with Gasteiger partial charge >= 0.3 is 0 Å². The molecular weight excluding hydrogens is 429 g/mol. The molecule has 5 heteroatoms. The van der Waals surface area contributed by atoms with Crippen LogP contribution in [-0.2, 0) is 6.61 Å². The molecule has 3 aromatic rings. The summed E-state index contributed by atoms with van der Waals surface area (Å²) in [4.78, 5) is 0. The summed E-state index contributed by atoms with van der Waals surface area (Å²) in [5.41, 5.74) is 2.88. The lowest BCUT2D eigenvalue weighted by Crippen LogP contribution is -1.97. The van der Waals surface area contributed by atoms with Gasteiger partial charge < -0.3 is 4.74 Å². The summed E-state index contributed by atoms with van der Waals surface area (Å²) in [6.45, 7) is 0.297. The minimum absolute atomic E-state index is 0.285. The average Bonchev–Trinajstić information content (AvgIpc) is 2.67. The molecule has 134 valence electrons. The Balaban J connectivity index is 1.89. The van der Waals surface area contributed by atoms with Crippen molar-refractivity contribution >= 4 is 39.2 Å². The molecule has 0 atom stereocenters. The first-order valence-electron chi connectivity index (χ1n) is 8.10. The Morgan fingerprint density at radius 2 is 1.78 bits per heavy atom. The van der Waals surface area contributed by atoms with Crippen LogP contribution in [0, 0.1) is 17.1 Å². The number of halogens is 3. The van der Waals surface area contributed by atoms with Crippen LogP contribution < -0.4 is 4.74 Å². The number of ether oxygens (including phenoxy) is 1. The van der Waals surface area contributed by atoms with Gasteiger partial charge in [0.1, 0.15) is 18.2 Å². The molecule has 0 radical (unpaired) electrons. The molecule has 0 heterocycles. The fraction of sp³-hybridized carbons (Fsp3) is 0.0455. The molecule has 2 nitrogen and oxygen atoms in total. The summed E-state index contributed by atoms with van der Waals surface area (Å²) in [6.07, 6.45) is 1.77. The van der Waals surface area contributed by atoms with E-state index in [9.17, 15) is 9.65 Å². The lowest BCUT2D eigenvalue weighted by molar-refractivity contribution is 0.305. The summed E-state index contributed by atoms with van der Waals surface area (Å²) in [7, 11) is 0. The van der Waals surface area contributed by atoms with Crippen LogP contribution >= 0.6 is 27.5 Å². The standard InChI is InChI=1S/C22H14BrClFNO/c23-19-5-10-22(27-14-15-1-8-21(25)9-2-15)17(12-19)11-18(13-26)16-3-6-20(24)7-4-16/h1-12H,14H2/b18-11+. The molecular formula is C22H14BrClFNO. The molecule has 0 saturated carbocycles. The van der Waals surface area contributed by atoms with Gasteiger partial charge in [0.2, 0.25) is 0 Å². The maximum Gasteiger partial charge on any atom is 0.127 e. The van der Waals surface area contributed by atoms with Crippen molar-refractivity contribution < 1.29 is 9.13 Å². The first-order chi connectivity index (χ1) is 13.0. The second-order valence-electron chi connectivity index (χ2n) is 5.77. The third kappa shape index (κ3) is 5.19. The van der Waals surface area contributed by atoms with Gasteiger partial charge in [-0.2, -0.15) is 5.26 Å². The second-order valence-corrected chi connectivity index (χ2v) is 7.13. The molecule has 0 bridgehead atoms. The van der Waals surface area contributed by atoms with Gasteiger partial charge in [-0.1, -0.05) is 51.8 Å². The molecule has 0 spiro atoms. The van der Waals surface area contributed by atoms with Crippen LogP contribution in [0.4, 0.5) is 4.39 Å². The van der Waals surface area contributed by atoms with Crippen molar-refractivity contribution in [3.63, 3.8) is 0 Å². The van der Waals surface area contributed by atoms with E-state index in [1.807, 2.05) is 18.2 Å².